The van der Waals surface area contributed by atoms with Gasteiger partial charge in [-0.2, -0.15) is 5.10 Å². The predicted molar refractivity (Wildman–Crippen MR) is 78.2 cm³/mol. The molecule has 0 aliphatic heterocycles. The first-order chi connectivity index (χ1) is 9.97. The molecule has 1 aromatic heterocycles. The Bertz CT molecular complexity index is 698. The van der Waals surface area contributed by atoms with Crippen molar-refractivity contribution >= 4 is 10.0 Å². The Morgan fingerprint density at radius 2 is 2.24 bits per heavy atom. The summed E-state index contributed by atoms with van der Waals surface area (Å²) in [6.07, 6.45) is 3.21. The van der Waals surface area contributed by atoms with E-state index in [9.17, 15) is 8.42 Å². The van der Waals surface area contributed by atoms with Crippen LogP contribution in [0.3, 0.4) is 0 Å². The predicted octanol–water partition coefficient (Wildman–Crippen LogP) is 0.916. The Morgan fingerprint density at radius 1 is 1.48 bits per heavy atom. The van der Waals surface area contributed by atoms with Crippen molar-refractivity contribution in [1.82, 2.24) is 14.9 Å². The first-order valence-corrected chi connectivity index (χ1v) is 7.84. The van der Waals surface area contributed by atoms with Gasteiger partial charge in [0.05, 0.1) is 13.3 Å². The Hall–Kier alpha value is -1.90. The molecule has 8 heteroatoms. The fraction of sp³-hybridized carbons (Fsp3) is 0.308. The quantitative estimate of drug-likeness (QED) is 0.735. The van der Waals surface area contributed by atoms with E-state index in [0.717, 1.165) is 11.1 Å². The standard InChI is InChI=1S/C13H18N4O3S/c1-9(11-7-15-16-8-11)17-21(18,19)13-4-3-10(6-14)5-12(13)20-2/h3-5,7-9,17H,6,14H2,1-2H3,(H,15,16). The minimum atomic E-state index is -3.71. The number of nitrogens with one attached hydrogen (secondary N) is 2. The summed E-state index contributed by atoms with van der Waals surface area (Å²) in [5, 5.41) is 6.45. The number of aromatic nitrogens is 2. The smallest absolute Gasteiger partial charge is 0.244 e. The molecule has 0 amide bonds. The molecule has 0 aliphatic rings. The zero-order valence-corrected chi connectivity index (χ0v) is 12.6. The van der Waals surface area contributed by atoms with E-state index in [1.54, 1.807) is 31.5 Å². The van der Waals surface area contributed by atoms with Crippen molar-refractivity contribution in [2.75, 3.05) is 7.11 Å². The minimum absolute atomic E-state index is 0.0811. The normalized spacial score (nSPS) is 13.1. The summed E-state index contributed by atoms with van der Waals surface area (Å²) >= 11 is 0. The van der Waals surface area contributed by atoms with E-state index in [1.165, 1.54) is 13.2 Å². The highest BCUT2D eigenvalue weighted by Gasteiger charge is 2.22. The van der Waals surface area contributed by atoms with Gasteiger partial charge in [0.2, 0.25) is 10.0 Å². The number of methoxy groups -OCH3 is 1. The van der Waals surface area contributed by atoms with Crippen LogP contribution in [0.15, 0.2) is 35.5 Å². The molecule has 1 atom stereocenters. The van der Waals surface area contributed by atoms with Gasteiger partial charge in [0.25, 0.3) is 0 Å². The van der Waals surface area contributed by atoms with Crippen LogP contribution >= 0.6 is 0 Å². The maximum atomic E-state index is 12.5. The van der Waals surface area contributed by atoms with Crippen molar-refractivity contribution in [3.63, 3.8) is 0 Å². The number of nitrogens with two attached hydrogens (primary N) is 1. The topological polar surface area (TPSA) is 110 Å². The van der Waals surface area contributed by atoms with E-state index in [-0.39, 0.29) is 10.6 Å². The number of ether oxygens (including phenoxy) is 1. The third kappa shape index (κ3) is 3.41. The van der Waals surface area contributed by atoms with Gasteiger partial charge >= 0.3 is 0 Å². The highest BCUT2D eigenvalue weighted by atomic mass is 32.2. The van der Waals surface area contributed by atoms with Gasteiger partial charge in [0.15, 0.2) is 0 Å². The van der Waals surface area contributed by atoms with Gasteiger partial charge in [-0.15, -0.1) is 0 Å². The lowest BCUT2D eigenvalue weighted by Crippen LogP contribution is -2.27. The largest absolute Gasteiger partial charge is 0.495 e. The van der Waals surface area contributed by atoms with Crippen LogP contribution in [0.2, 0.25) is 0 Å². The van der Waals surface area contributed by atoms with E-state index in [2.05, 4.69) is 14.9 Å². The van der Waals surface area contributed by atoms with Crippen molar-refractivity contribution in [1.29, 1.82) is 0 Å². The summed E-state index contributed by atoms with van der Waals surface area (Å²) in [5.41, 5.74) is 7.09. The summed E-state index contributed by atoms with van der Waals surface area (Å²) in [5.74, 6) is 0.268. The maximum Gasteiger partial charge on any atom is 0.244 e. The van der Waals surface area contributed by atoms with Crippen LogP contribution in [-0.2, 0) is 16.6 Å². The second kappa shape index (κ2) is 6.25. The molecule has 0 saturated carbocycles. The average Bonchev–Trinajstić information content (AvgIpc) is 3.00. The first-order valence-electron chi connectivity index (χ1n) is 6.36. The minimum Gasteiger partial charge on any atom is -0.495 e. The van der Waals surface area contributed by atoms with Crippen molar-refractivity contribution < 1.29 is 13.2 Å². The molecule has 0 saturated heterocycles. The Kier molecular flexibility index (Phi) is 4.61. The number of H-pyrrole nitrogens is 1. The SMILES string of the molecule is COc1cc(CN)ccc1S(=O)(=O)NC(C)c1cn[nH]c1. The molecule has 7 nitrogen and oxygen atoms in total. The van der Waals surface area contributed by atoms with Gasteiger partial charge in [-0.25, -0.2) is 13.1 Å². The number of aromatic amines is 1. The molecule has 4 N–H and O–H groups in total. The van der Waals surface area contributed by atoms with E-state index < -0.39 is 16.1 Å². The molecule has 21 heavy (non-hydrogen) atoms. The van der Waals surface area contributed by atoms with Crippen molar-refractivity contribution in [3.05, 3.63) is 41.7 Å². The molecular formula is C13H18N4O3S. The van der Waals surface area contributed by atoms with Crippen LogP contribution in [0.1, 0.15) is 24.1 Å². The molecule has 2 aromatic rings. The van der Waals surface area contributed by atoms with Gasteiger partial charge in [0.1, 0.15) is 10.6 Å². The third-order valence-corrected chi connectivity index (χ3v) is 4.68. The van der Waals surface area contributed by atoms with E-state index in [1.807, 2.05) is 0 Å². The van der Waals surface area contributed by atoms with Gasteiger partial charge in [-0.3, -0.25) is 5.10 Å². The highest BCUT2D eigenvalue weighted by Crippen LogP contribution is 2.26. The van der Waals surface area contributed by atoms with Gasteiger partial charge in [-0.05, 0) is 24.6 Å². The number of sulfonamides is 1. The number of hydrogen-bond acceptors (Lipinski definition) is 5. The monoisotopic (exact) mass is 310 g/mol. The Balaban J connectivity index is 2.31. The van der Waals surface area contributed by atoms with Crippen LogP contribution in [0.4, 0.5) is 0 Å². The van der Waals surface area contributed by atoms with E-state index in [4.69, 9.17) is 10.5 Å². The summed E-state index contributed by atoms with van der Waals surface area (Å²) < 4.78 is 32.7. The van der Waals surface area contributed by atoms with Crippen LogP contribution in [0, 0.1) is 0 Å². The fourth-order valence-corrected chi connectivity index (χ4v) is 3.31. The average molecular weight is 310 g/mol. The Morgan fingerprint density at radius 3 is 2.81 bits per heavy atom. The number of hydrogen-bond donors (Lipinski definition) is 3. The molecule has 2 rings (SSSR count). The summed E-state index contributed by atoms with van der Waals surface area (Å²) in [4.78, 5) is 0.0811. The Labute approximate surface area is 123 Å². The summed E-state index contributed by atoms with van der Waals surface area (Å²) in [7, 11) is -2.29. The molecule has 1 heterocycles. The van der Waals surface area contributed by atoms with Crippen LogP contribution in [0.25, 0.3) is 0 Å². The summed E-state index contributed by atoms with van der Waals surface area (Å²) in [6.45, 7) is 2.05. The van der Waals surface area contributed by atoms with Crippen LogP contribution in [0.5, 0.6) is 5.75 Å². The van der Waals surface area contributed by atoms with E-state index >= 15 is 0 Å². The lowest BCUT2D eigenvalue weighted by molar-refractivity contribution is 0.401. The molecule has 1 unspecified atom stereocenters. The van der Waals surface area contributed by atoms with Crippen molar-refractivity contribution in [2.45, 2.75) is 24.4 Å². The third-order valence-electron chi connectivity index (χ3n) is 3.10. The number of benzene rings is 1. The number of rotatable bonds is 6. The fourth-order valence-electron chi connectivity index (χ4n) is 1.92. The first kappa shape index (κ1) is 15.5. The second-order valence-electron chi connectivity index (χ2n) is 4.56. The zero-order chi connectivity index (χ0) is 15.5. The molecule has 0 bridgehead atoms. The lowest BCUT2D eigenvalue weighted by Gasteiger charge is -2.15. The van der Waals surface area contributed by atoms with Gasteiger partial charge in [-0.1, -0.05) is 6.07 Å². The molecule has 1 aromatic carbocycles. The molecule has 114 valence electrons. The highest BCUT2D eigenvalue weighted by molar-refractivity contribution is 7.89. The molecule has 0 fully saturated rings. The maximum absolute atomic E-state index is 12.5. The van der Waals surface area contributed by atoms with Crippen LogP contribution in [-0.4, -0.2) is 25.7 Å². The second-order valence-corrected chi connectivity index (χ2v) is 6.25. The van der Waals surface area contributed by atoms with Gasteiger partial charge < -0.3 is 10.5 Å². The zero-order valence-electron chi connectivity index (χ0n) is 11.8. The molecule has 0 radical (unpaired) electrons. The molecule has 0 spiro atoms. The van der Waals surface area contributed by atoms with Gasteiger partial charge in [0, 0.05) is 24.3 Å². The van der Waals surface area contributed by atoms with Crippen molar-refractivity contribution in [2.24, 2.45) is 5.73 Å². The number of nitrogens with zero attached hydrogens (tertiary/aromatic N) is 1. The molecule has 0 aliphatic carbocycles. The summed E-state index contributed by atoms with van der Waals surface area (Å²) in [6, 6.07) is 4.37. The molecular weight excluding hydrogens is 292 g/mol. The van der Waals surface area contributed by atoms with E-state index in [0.29, 0.717) is 6.54 Å². The van der Waals surface area contributed by atoms with Crippen LogP contribution < -0.4 is 15.2 Å². The van der Waals surface area contributed by atoms with Crippen molar-refractivity contribution in [3.8, 4) is 5.75 Å². The lowest BCUT2D eigenvalue weighted by atomic mass is 10.2.